The van der Waals surface area contributed by atoms with Gasteiger partial charge in [-0.25, -0.2) is 4.98 Å². The Morgan fingerprint density at radius 1 is 1.28 bits per heavy atom. The average molecular weight is 358 g/mol. The van der Waals surface area contributed by atoms with Gasteiger partial charge in [0.2, 0.25) is 11.8 Å². The molecule has 2 heterocycles. The summed E-state index contributed by atoms with van der Waals surface area (Å²) in [5, 5.41) is 2.62. The standard InChI is InChI=1S/C16H21F3N4O2/c1-22(2)14(24)10-21-15(25)11-5-7-23(8-6-11)13-4-3-12(9-20-13)16(17,18)19/h3-4,9,11H,5-8,10H2,1-2H3,(H,21,25). The number of hydrogen-bond donors (Lipinski definition) is 1. The minimum absolute atomic E-state index is 0.0352. The first-order valence-electron chi connectivity index (χ1n) is 7.94. The summed E-state index contributed by atoms with van der Waals surface area (Å²) in [6.07, 6.45) is -2.46. The highest BCUT2D eigenvalue weighted by molar-refractivity contribution is 5.85. The van der Waals surface area contributed by atoms with Crippen LogP contribution in [0, 0.1) is 5.92 Å². The van der Waals surface area contributed by atoms with Gasteiger partial charge in [-0.3, -0.25) is 9.59 Å². The van der Waals surface area contributed by atoms with Crippen molar-refractivity contribution in [3.8, 4) is 0 Å². The first-order chi connectivity index (χ1) is 11.7. The van der Waals surface area contributed by atoms with Crippen molar-refractivity contribution in [3.63, 3.8) is 0 Å². The van der Waals surface area contributed by atoms with E-state index in [1.807, 2.05) is 4.90 Å². The van der Waals surface area contributed by atoms with Crippen LogP contribution in [0.3, 0.4) is 0 Å². The van der Waals surface area contributed by atoms with E-state index in [4.69, 9.17) is 0 Å². The van der Waals surface area contributed by atoms with Crippen LogP contribution in [0.2, 0.25) is 0 Å². The maximum Gasteiger partial charge on any atom is 0.417 e. The van der Waals surface area contributed by atoms with Crippen LogP contribution < -0.4 is 10.2 Å². The number of carbonyl (C=O) groups excluding carboxylic acids is 2. The van der Waals surface area contributed by atoms with Gasteiger partial charge in [-0.2, -0.15) is 13.2 Å². The maximum atomic E-state index is 12.6. The van der Waals surface area contributed by atoms with Gasteiger partial charge in [0.1, 0.15) is 5.82 Å². The Balaban J connectivity index is 1.85. The van der Waals surface area contributed by atoms with Crippen LogP contribution in [0.1, 0.15) is 18.4 Å². The fourth-order valence-electron chi connectivity index (χ4n) is 2.58. The van der Waals surface area contributed by atoms with E-state index in [1.165, 1.54) is 11.0 Å². The van der Waals surface area contributed by atoms with Gasteiger partial charge in [0, 0.05) is 39.3 Å². The summed E-state index contributed by atoms with van der Waals surface area (Å²) in [4.78, 5) is 30.7. The number of hydrogen-bond acceptors (Lipinski definition) is 4. The number of likely N-dealkylation sites (N-methyl/N-ethyl adjacent to an activating group) is 1. The second-order valence-electron chi connectivity index (χ2n) is 6.17. The van der Waals surface area contributed by atoms with E-state index in [9.17, 15) is 22.8 Å². The summed E-state index contributed by atoms with van der Waals surface area (Å²) >= 11 is 0. The Labute approximate surface area is 144 Å². The Hall–Kier alpha value is -2.32. The summed E-state index contributed by atoms with van der Waals surface area (Å²) in [6, 6.07) is 2.35. The molecule has 1 saturated heterocycles. The molecular formula is C16H21F3N4O2. The quantitative estimate of drug-likeness (QED) is 0.886. The topological polar surface area (TPSA) is 65.5 Å². The van der Waals surface area contributed by atoms with Gasteiger partial charge in [0.25, 0.3) is 0 Å². The number of carbonyl (C=O) groups is 2. The zero-order valence-electron chi connectivity index (χ0n) is 14.1. The van der Waals surface area contributed by atoms with Gasteiger partial charge in [0.15, 0.2) is 0 Å². The van der Waals surface area contributed by atoms with Gasteiger partial charge < -0.3 is 15.1 Å². The van der Waals surface area contributed by atoms with Crippen LogP contribution in [0.25, 0.3) is 0 Å². The van der Waals surface area contributed by atoms with Crippen LogP contribution >= 0.6 is 0 Å². The predicted molar refractivity (Wildman–Crippen MR) is 85.9 cm³/mol. The molecule has 1 aromatic heterocycles. The maximum absolute atomic E-state index is 12.6. The van der Waals surface area contributed by atoms with Crippen molar-refractivity contribution in [2.45, 2.75) is 19.0 Å². The largest absolute Gasteiger partial charge is 0.417 e. The molecule has 1 N–H and O–H groups in total. The van der Waals surface area contributed by atoms with Gasteiger partial charge in [-0.05, 0) is 25.0 Å². The lowest BCUT2D eigenvalue weighted by Gasteiger charge is -2.32. The SMILES string of the molecule is CN(C)C(=O)CNC(=O)C1CCN(c2ccc(C(F)(F)F)cn2)CC1. The second kappa shape index (κ2) is 7.71. The Morgan fingerprint density at radius 3 is 2.40 bits per heavy atom. The molecule has 1 aromatic rings. The van der Waals surface area contributed by atoms with E-state index < -0.39 is 11.7 Å². The number of nitrogens with zero attached hydrogens (tertiary/aromatic N) is 3. The average Bonchev–Trinajstić information content (AvgIpc) is 2.58. The van der Waals surface area contributed by atoms with Crippen LogP contribution in [0.5, 0.6) is 0 Å². The molecule has 1 fully saturated rings. The first kappa shape index (κ1) is 19.0. The third-order valence-corrected chi connectivity index (χ3v) is 4.18. The van der Waals surface area contributed by atoms with Crippen molar-refractivity contribution >= 4 is 17.6 Å². The molecule has 138 valence electrons. The van der Waals surface area contributed by atoms with E-state index in [-0.39, 0.29) is 24.3 Å². The van der Waals surface area contributed by atoms with Crippen LogP contribution in [0.15, 0.2) is 18.3 Å². The smallest absolute Gasteiger partial charge is 0.357 e. The molecule has 2 rings (SSSR count). The van der Waals surface area contributed by atoms with Gasteiger partial charge in [-0.15, -0.1) is 0 Å². The van der Waals surface area contributed by atoms with E-state index in [2.05, 4.69) is 10.3 Å². The van der Waals surface area contributed by atoms with Crippen molar-refractivity contribution in [1.82, 2.24) is 15.2 Å². The number of anilines is 1. The number of nitrogens with one attached hydrogen (secondary N) is 1. The minimum atomic E-state index is -4.40. The molecule has 0 unspecified atom stereocenters. The number of amides is 2. The lowest BCUT2D eigenvalue weighted by atomic mass is 9.96. The molecule has 0 aromatic carbocycles. The lowest BCUT2D eigenvalue weighted by Crippen LogP contribution is -2.43. The number of halogens is 3. The van der Waals surface area contributed by atoms with E-state index in [0.717, 1.165) is 12.3 Å². The van der Waals surface area contributed by atoms with Crippen molar-refractivity contribution in [3.05, 3.63) is 23.9 Å². The molecule has 0 aliphatic carbocycles. The number of rotatable bonds is 4. The first-order valence-corrected chi connectivity index (χ1v) is 7.94. The normalized spacial score (nSPS) is 15.8. The highest BCUT2D eigenvalue weighted by atomic mass is 19.4. The Kier molecular flexibility index (Phi) is 5.86. The molecule has 0 bridgehead atoms. The fourth-order valence-corrected chi connectivity index (χ4v) is 2.58. The predicted octanol–water partition coefficient (Wildman–Crippen LogP) is 1.52. The Morgan fingerprint density at radius 2 is 1.92 bits per heavy atom. The fraction of sp³-hybridized carbons (Fsp3) is 0.562. The molecule has 0 spiro atoms. The van der Waals surface area contributed by atoms with E-state index in [1.54, 1.807) is 14.1 Å². The van der Waals surface area contributed by atoms with E-state index in [0.29, 0.717) is 31.7 Å². The lowest BCUT2D eigenvalue weighted by molar-refractivity contribution is -0.137. The molecule has 0 radical (unpaired) electrons. The summed E-state index contributed by atoms with van der Waals surface area (Å²) in [7, 11) is 3.23. The molecular weight excluding hydrogens is 337 g/mol. The summed E-state index contributed by atoms with van der Waals surface area (Å²) in [5.41, 5.74) is -0.781. The zero-order chi connectivity index (χ0) is 18.6. The van der Waals surface area contributed by atoms with Crippen molar-refractivity contribution in [2.75, 3.05) is 38.6 Å². The van der Waals surface area contributed by atoms with Gasteiger partial charge in [-0.1, -0.05) is 0 Å². The molecule has 9 heteroatoms. The molecule has 25 heavy (non-hydrogen) atoms. The number of piperidine rings is 1. The third kappa shape index (κ3) is 5.07. The number of pyridine rings is 1. The summed E-state index contributed by atoms with van der Waals surface area (Å²) < 4.78 is 37.7. The molecule has 2 amide bonds. The summed E-state index contributed by atoms with van der Waals surface area (Å²) in [6.45, 7) is 1.02. The highest BCUT2D eigenvalue weighted by Gasteiger charge is 2.31. The third-order valence-electron chi connectivity index (χ3n) is 4.18. The molecule has 0 atom stereocenters. The van der Waals surface area contributed by atoms with Crippen molar-refractivity contribution in [1.29, 1.82) is 0 Å². The zero-order valence-corrected chi connectivity index (χ0v) is 14.1. The number of alkyl halides is 3. The Bertz CT molecular complexity index is 609. The number of aromatic nitrogens is 1. The van der Waals surface area contributed by atoms with Crippen LogP contribution in [-0.4, -0.2) is 55.4 Å². The highest BCUT2D eigenvalue weighted by Crippen LogP contribution is 2.30. The van der Waals surface area contributed by atoms with Crippen LogP contribution in [-0.2, 0) is 15.8 Å². The molecule has 6 nitrogen and oxygen atoms in total. The molecule has 1 aliphatic heterocycles. The van der Waals surface area contributed by atoms with E-state index >= 15 is 0 Å². The van der Waals surface area contributed by atoms with Crippen molar-refractivity contribution in [2.24, 2.45) is 5.92 Å². The monoisotopic (exact) mass is 358 g/mol. The molecule has 1 aliphatic rings. The molecule has 0 saturated carbocycles. The second-order valence-corrected chi connectivity index (χ2v) is 6.17. The van der Waals surface area contributed by atoms with Crippen molar-refractivity contribution < 1.29 is 22.8 Å². The minimum Gasteiger partial charge on any atom is -0.357 e. The summed E-state index contributed by atoms with van der Waals surface area (Å²) in [5.74, 6) is -0.0923. The van der Waals surface area contributed by atoms with Gasteiger partial charge >= 0.3 is 6.18 Å². The van der Waals surface area contributed by atoms with Gasteiger partial charge in [0.05, 0.1) is 12.1 Å². The van der Waals surface area contributed by atoms with Crippen LogP contribution in [0.4, 0.5) is 19.0 Å².